The summed E-state index contributed by atoms with van der Waals surface area (Å²) in [5.41, 5.74) is 4.36. The van der Waals surface area contributed by atoms with Gasteiger partial charge in [-0.1, -0.05) is 13.8 Å². The number of nitriles is 1. The summed E-state index contributed by atoms with van der Waals surface area (Å²) in [7, 11) is 1.62. The van der Waals surface area contributed by atoms with Gasteiger partial charge in [-0.15, -0.1) is 0 Å². The second-order valence-corrected chi connectivity index (χ2v) is 10.7. The molecule has 3 heterocycles. The standard InChI is InChI=1S/C28H37N5O3/c1-19(2)14-25-24-18-36-28(3,4)15-22(24)23(16-29)27(31-25)33-12-10-32(11-13-33)17-26(34)30-20-6-8-21(35-5)9-7-20/h6-9,19H,10-15,17-18H2,1-5H3,(H,30,34). The highest BCUT2D eigenvalue weighted by Gasteiger charge is 2.33. The van der Waals surface area contributed by atoms with E-state index in [-0.39, 0.29) is 11.5 Å². The van der Waals surface area contributed by atoms with Gasteiger partial charge < -0.3 is 19.7 Å². The Kier molecular flexibility index (Phi) is 7.82. The van der Waals surface area contributed by atoms with Gasteiger partial charge in [0.15, 0.2) is 0 Å². The molecular formula is C28H37N5O3. The number of nitrogens with one attached hydrogen (secondary N) is 1. The van der Waals surface area contributed by atoms with E-state index in [0.717, 1.165) is 66.7 Å². The van der Waals surface area contributed by atoms with E-state index in [0.29, 0.717) is 31.1 Å². The Labute approximate surface area is 214 Å². The lowest BCUT2D eigenvalue weighted by atomic mass is 9.86. The number of pyridine rings is 1. The maximum Gasteiger partial charge on any atom is 0.238 e. The van der Waals surface area contributed by atoms with Gasteiger partial charge in [0, 0.05) is 49.5 Å². The highest BCUT2D eigenvalue weighted by atomic mass is 16.5. The van der Waals surface area contributed by atoms with Gasteiger partial charge in [-0.2, -0.15) is 5.26 Å². The molecule has 1 saturated heterocycles. The van der Waals surface area contributed by atoms with Crippen molar-refractivity contribution in [3.8, 4) is 11.8 Å². The normalized spacial score (nSPS) is 17.4. The number of ether oxygens (including phenoxy) is 2. The zero-order chi connectivity index (χ0) is 25.9. The number of benzene rings is 1. The minimum absolute atomic E-state index is 0.0420. The topological polar surface area (TPSA) is 90.7 Å². The number of hydrogen-bond acceptors (Lipinski definition) is 7. The number of nitrogens with zero attached hydrogens (tertiary/aromatic N) is 4. The average molecular weight is 492 g/mol. The lowest BCUT2D eigenvalue weighted by Crippen LogP contribution is -2.49. The number of fused-ring (bicyclic) bond motifs is 1. The van der Waals surface area contributed by atoms with Crippen molar-refractivity contribution in [2.75, 3.05) is 50.1 Å². The van der Waals surface area contributed by atoms with Gasteiger partial charge in [0.1, 0.15) is 17.6 Å². The molecular weight excluding hydrogens is 454 g/mol. The molecule has 1 fully saturated rings. The molecule has 1 N–H and O–H groups in total. The zero-order valence-electron chi connectivity index (χ0n) is 22.1. The highest BCUT2D eigenvalue weighted by Crippen LogP contribution is 2.36. The summed E-state index contributed by atoms with van der Waals surface area (Å²) in [6, 6.07) is 9.79. The second-order valence-electron chi connectivity index (χ2n) is 10.7. The van der Waals surface area contributed by atoms with Crippen LogP contribution in [0.4, 0.5) is 11.5 Å². The van der Waals surface area contributed by atoms with E-state index in [1.807, 2.05) is 24.3 Å². The van der Waals surface area contributed by atoms with E-state index < -0.39 is 0 Å². The molecule has 2 aliphatic heterocycles. The molecule has 2 aliphatic rings. The summed E-state index contributed by atoms with van der Waals surface area (Å²) in [4.78, 5) is 22.0. The number of amides is 1. The molecule has 1 aromatic carbocycles. The van der Waals surface area contributed by atoms with Gasteiger partial charge in [-0.3, -0.25) is 9.69 Å². The minimum atomic E-state index is -0.303. The summed E-state index contributed by atoms with van der Waals surface area (Å²) in [5, 5.41) is 13.1. The number of rotatable bonds is 7. The fourth-order valence-electron chi connectivity index (χ4n) is 4.92. The Morgan fingerprint density at radius 3 is 2.50 bits per heavy atom. The first-order valence-electron chi connectivity index (χ1n) is 12.7. The van der Waals surface area contributed by atoms with E-state index in [4.69, 9.17) is 14.5 Å². The number of carbonyl (C=O) groups excluding carboxylic acids is 1. The van der Waals surface area contributed by atoms with Crippen molar-refractivity contribution >= 4 is 17.4 Å². The van der Waals surface area contributed by atoms with Crippen LogP contribution in [-0.2, 0) is 29.0 Å². The first kappa shape index (κ1) is 25.9. The van der Waals surface area contributed by atoms with Crippen molar-refractivity contribution in [3.63, 3.8) is 0 Å². The molecule has 0 bridgehead atoms. The van der Waals surface area contributed by atoms with E-state index >= 15 is 0 Å². The van der Waals surface area contributed by atoms with Gasteiger partial charge in [-0.25, -0.2) is 4.98 Å². The molecule has 1 amide bonds. The predicted molar refractivity (Wildman–Crippen MR) is 140 cm³/mol. The van der Waals surface area contributed by atoms with E-state index in [2.05, 4.69) is 48.9 Å². The number of hydrogen-bond donors (Lipinski definition) is 1. The number of aromatic nitrogens is 1. The molecule has 8 nitrogen and oxygen atoms in total. The van der Waals surface area contributed by atoms with Crippen LogP contribution in [0.15, 0.2) is 24.3 Å². The molecule has 1 aromatic heterocycles. The summed E-state index contributed by atoms with van der Waals surface area (Å²) < 4.78 is 11.3. The Bertz CT molecular complexity index is 1130. The first-order valence-corrected chi connectivity index (χ1v) is 12.7. The van der Waals surface area contributed by atoms with Crippen molar-refractivity contribution in [1.82, 2.24) is 9.88 Å². The molecule has 0 radical (unpaired) electrons. The third-order valence-electron chi connectivity index (χ3n) is 6.81. The van der Waals surface area contributed by atoms with Crippen molar-refractivity contribution in [2.45, 2.75) is 52.7 Å². The predicted octanol–water partition coefficient (Wildman–Crippen LogP) is 3.77. The Morgan fingerprint density at radius 1 is 1.19 bits per heavy atom. The molecule has 0 atom stereocenters. The molecule has 36 heavy (non-hydrogen) atoms. The van der Waals surface area contributed by atoms with E-state index in [1.54, 1.807) is 7.11 Å². The zero-order valence-corrected chi connectivity index (χ0v) is 22.1. The maximum atomic E-state index is 12.6. The quantitative estimate of drug-likeness (QED) is 0.630. The third kappa shape index (κ3) is 5.97. The lowest BCUT2D eigenvalue weighted by molar-refractivity contribution is -0.117. The summed E-state index contributed by atoms with van der Waals surface area (Å²) in [6.07, 6.45) is 1.56. The van der Waals surface area contributed by atoms with Crippen molar-refractivity contribution in [3.05, 3.63) is 46.6 Å². The molecule has 2 aromatic rings. The van der Waals surface area contributed by atoms with Crippen LogP contribution >= 0.6 is 0 Å². The summed E-state index contributed by atoms with van der Waals surface area (Å²) in [6.45, 7) is 12.3. The summed E-state index contributed by atoms with van der Waals surface area (Å²) in [5.74, 6) is 1.95. The Balaban J connectivity index is 1.46. The molecule has 0 aliphatic carbocycles. The SMILES string of the molecule is COc1ccc(NC(=O)CN2CCN(c3nc(CC(C)C)c4c(c3C#N)CC(C)(C)OC4)CC2)cc1. The van der Waals surface area contributed by atoms with Crippen LogP contribution in [0.2, 0.25) is 0 Å². The second kappa shape index (κ2) is 10.9. The van der Waals surface area contributed by atoms with Gasteiger partial charge in [0.25, 0.3) is 0 Å². The first-order chi connectivity index (χ1) is 17.2. The Hall–Kier alpha value is -3.15. The molecule has 192 valence electrons. The van der Waals surface area contributed by atoms with Gasteiger partial charge in [0.05, 0.1) is 31.4 Å². The van der Waals surface area contributed by atoms with Crippen LogP contribution in [-0.4, -0.2) is 61.2 Å². The van der Waals surface area contributed by atoms with Crippen molar-refractivity contribution in [2.24, 2.45) is 5.92 Å². The van der Waals surface area contributed by atoms with Crippen LogP contribution in [0, 0.1) is 17.2 Å². The molecule has 4 rings (SSSR count). The minimum Gasteiger partial charge on any atom is -0.497 e. The van der Waals surface area contributed by atoms with Crippen molar-refractivity contribution < 1.29 is 14.3 Å². The Morgan fingerprint density at radius 2 is 1.89 bits per heavy atom. The number of piperazine rings is 1. The molecule has 8 heteroatoms. The fraction of sp³-hybridized carbons (Fsp3) is 0.536. The summed E-state index contributed by atoms with van der Waals surface area (Å²) >= 11 is 0. The van der Waals surface area contributed by atoms with E-state index in [1.165, 1.54) is 0 Å². The number of carbonyl (C=O) groups is 1. The van der Waals surface area contributed by atoms with Crippen LogP contribution < -0.4 is 15.0 Å². The van der Waals surface area contributed by atoms with Crippen LogP contribution in [0.5, 0.6) is 5.75 Å². The molecule has 0 unspecified atom stereocenters. The van der Waals surface area contributed by atoms with Gasteiger partial charge >= 0.3 is 0 Å². The van der Waals surface area contributed by atoms with Crippen LogP contribution in [0.3, 0.4) is 0 Å². The van der Waals surface area contributed by atoms with E-state index in [9.17, 15) is 10.1 Å². The average Bonchev–Trinajstić information content (AvgIpc) is 2.83. The van der Waals surface area contributed by atoms with Crippen LogP contribution in [0.1, 0.15) is 50.1 Å². The number of methoxy groups -OCH3 is 1. The monoisotopic (exact) mass is 491 g/mol. The fourth-order valence-corrected chi connectivity index (χ4v) is 4.92. The smallest absolute Gasteiger partial charge is 0.238 e. The number of anilines is 2. The lowest BCUT2D eigenvalue weighted by Gasteiger charge is -2.38. The third-order valence-corrected chi connectivity index (χ3v) is 6.81. The molecule has 0 spiro atoms. The maximum absolute atomic E-state index is 12.6. The van der Waals surface area contributed by atoms with Crippen molar-refractivity contribution in [1.29, 1.82) is 5.26 Å². The highest BCUT2D eigenvalue weighted by molar-refractivity contribution is 5.92. The van der Waals surface area contributed by atoms with Gasteiger partial charge in [0.2, 0.25) is 5.91 Å². The van der Waals surface area contributed by atoms with Crippen LogP contribution in [0.25, 0.3) is 0 Å². The largest absolute Gasteiger partial charge is 0.497 e. The molecule has 0 saturated carbocycles. The van der Waals surface area contributed by atoms with Gasteiger partial charge in [-0.05, 0) is 56.0 Å².